The second kappa shape index (κ2) is 11.1. The number of rotatable bonds is 10. The van der Waals surface area contributed by atoms with Gasteiger partial charge in [-0.2, -0.15) is 13.2 Å². The number of hydrogen-bond donors (Lipinski definition) is 2. The van der Waals surface area contributed by atoms with Gasteiger partial charge in [-0.05, 0) is 48.2 Å². The van der Waals surface area contributed by atoms with E-state index in [0.29, 0.717) is 17.7 Å². The van der Waals surface area contributed by atoms with Crippen molar-refractivity contribution in [1.29, 1.82) is 0 Å². The topological polar surface area (TPSA) is 93.7 Å². The van der Waals surface area contributed by atoms with Crippen molar-refractivity contribution in [3.63, 3.8) is 0 Å². The van der Waals surface area contributed by atoms with Gasteiger partial charge in [0.1, 0.15) is 6.61 Å². The zero-order valence-electron chi connectivity index (χ0n) is 17.7. The molecule has 1 atom stereocenters. The lowest BCUT2D eigenvalue weighted by molar-refractivity contribution is -0.176. The van der Waals surface area contributed by atoms with Crippen molar-refractivity contribution in [2.45, 2.75) is 43.2 Å². The second-order valence-corrected chi connectivity index (χ2v) is 9.39. The maximum Gasteiger partial charge on any atom is 0.411 e. The SMILES string of the molecule is O=C(NCc1ccc(COCC(F)(F)F)cc1)c1ccc(S(=O)(=O)NCC2CCCO2)cc1. The minimum atomic E-state index is -4.37. The average molecular weight is 487 g/mol. The van der Waals surface area contributed by atoms with E-state index < -0.39 is 22.8 Å². The third kappa shape index (κ3) is 8.11. The maximum absolute atomic E-state index is 12.4. The van der Waals surface area contributed by atoms with Gasteiger partial charge < -0.3 is 14.8 Å². The van der Waals surface area contributed by atoms with Gasteiger partial charge in [0.2, 0.25) is 10.0 Å². The Balaban J connectivity index is 1.47. The molecule has 3 rings (SSSR count). The van der Waals surface area contributed by atoms with Crippen LogP contribution in [0.15, 0.2) is 53.4 Å². The fraction of sp³-hybridized carbons (Fsp3) is 0.409. The molecule has 1 fully saturated rings. The number of nitrogens with one attached hydrogen (secondary N) is 2. The van der Waals surface area contributed by atoms with Gasteiger partial charge in [-0.3, -0.25) is 4.79 Å². The minimum absolute atomic E-state index is 0.0559. The number of hydrogen-bond acceptors (Lipinski definition) is 5. The van der Waals surface area contributed by atoms with Crippen molar-refractivity contribution in [2.24, 2.45) is 0 Å². The number of ether oxygens (including phenoxy) is 2. The summed E-state index contributed by atoms with van der Waals surface area (Å²) in [7, 11) is -3.70. The number of carbonyl (C=O) groups excluding carboxylic acids is 1. The van der Waals surface area contributed by atoms with Gasteiger partial charge in [-0.1, -0.05) is 24.3 Å². The summed E-state index contributed by atoms with van der Waals surface area (Å²) >= 11 is 0. The third-order valence-corrected chi connectivity index (χ3v) is 6.40. The molecule has 1 heterocycles. The Hall–Kier alpha value is -2.47. The predicted octanol–water partition coefficient (Wildman–Crippen LogP) is 3.15. The van der Waals surface area contributed by atoms with Gasteiger partial charge in [0, 0.05) is 25.3 Å². The summed E-state index contributed by atoms with van der Waals surface area (Å²) in [5.41, 5.74) is 1.63. The van der Waals surface area contributed by atoms with Crippen LogP contribution in [-0.4, -0.2) is 46.4 Å². The van der Waals surface area contributed by atoms with Crippen LogP contribution >= 0.6 is 0 Å². The highest BCUT2D eigenvalue weighted by molar-refractivity contribution is 7.89. The summed E-state index contributed by atoms with van der Waals surface area (Å²) < 4.78 is 73.6. The van der Waals surface area contributed by atoms with E-state index in [4.69, 9.17) is 4.74 Å². The molecule has 1 aliphatic rings. The van der Waals surface area contributed by atoms with Crippen LogP contribution < -0.4 is 10.0 Å². The largest absolute Gasteiger partial charge is 0.411 e. The van der Waals surface area contributed by atoms with Crippen molar-refractivity contribution in [1.82, 2.24) is 10.0 Å². The highest BCUT2D eigenvalue weighted by atomic mass is 32.2. The first-order valence-electron chi connectivity index (χ1n) is 10.3. The molecule has 0 aromatic heterocycles. The van der Waals surface area contributed by atoms with E-state index >= 15 is 0 Å². The van der Waals surface area contributed by atoms with Crippen LogP contribution in [0.25, 0.3) is 0 Å². The molecule has 7 nitrogen and oxygen atoms in total. The van der Waals surface area contributed by atoms with Crippen molar-refractivity contribution in [2.75, 3.05) is 19.8 Å². The van der Waals surface area contributed by atoms with Crippen molar-refractivity contribution in [3.8, 4) is 0 Å². The first-order valence-corrected chi connectivity index (χ1v) is 11.8. The van der Waals surface area contributed by atoms with Gasteiger partial charge in [0.25, 0.3) is 5.91 Å². The Bertz CT molecular complexity index is 1020. The maximum atomic E-state index is 12.4. The monoisotopic (exact) mass is 486 g/mol. The lowest BCUT2D eigenvalue weighted by atomic mass is 10.1. The van der Waals surface area contributed by atoms with E-state index in [1.165, 1.54) is 24.3 Å². The van der Waals surface area contributed by atoms with Gasteiger partial charge >= 0.3 is 6.18 Å². The van der Waals surface area contributed by atoms with Gasteiger partial charge in [-0.15, -0.1) is 0 Å². The van der Waals surface area contributed by atoms with Gasteiger partial charge in [-0.25, -0.2) is 13.1 Å². The molecular weight excluding hydrogens is 461 g/mol. The molecule has 0 aliphatic carbocycles. The van der Waals surface area contributed by atoms with Crippen molar-refractivity contribution >= 4 is 15.9 Å². The van der Waals surface area contributed by atoms with Crippen LogP contribution in [0.2, 0.25) is 0 Å². The molecule has 11 heteroatoms. The first-order chi connectivity index (χ1) is 15.6. The Morgan fingerprint density at radius 2 is 1.73 bits per heavy atom. The van der Waals surface area contributed by atoms with Crippen LogP contribution in [0.3, 0.4) is 0 Å². The zero-order valence-corrected chi connectivity index (χ0v) is 18.5. The molecule has 180 valence electrons. The number of benzene rings is 2. The molecule has 2 aromatic carbocycles. The first kappa shape index (κ1) is 25.2. The minimum Gasteiger partial charge on any atom is -0.377 e. The van der Waals surface area contributed by atoms with E-state index in [2.05, 4.69) is 14.8 Å². The predicted molar refractivity (Wildman–Crippen MR) is 114 cm³/mol. The van der Waals surface area contributed by atoms with Crippen molar-refractivity contribution < 1.29 is 35.9 Å². The molecular formula is C22H25F3N2O5S. The summed E-state index contributed by atoms with van der Waals surface area (Å²) in [6, 6.07) is 12.2. The summed E-state index contributed by atoms with van der Waals surface area (Å²) in [4.78, 5) is 12.4. The second-order valence-electron chi connectivity index (χ2n) is 7.62. The molecule has 1 amide bonds. The Morgan fingerprint density at radius 1 is 1.06 bits per heavy atom. The highest BCUT2D eigenvalue weighted by Crippen LogP contribution is 2.16. The number of alkyl halides is 3. The number of sulfonamides is 1. The molecule has 2 N–H and O–H groups in total. The van der Waals surface area contributed by atoms with E-state index in [1.54, 1.807) is 24.3 Å². The standard InChI is InChI=1S/C22H25F3N2O5S/c23-22(24,25)15-31-14-17-5-3-16(4-6-17)12-26-21(28)18-7-9-20(10-8-18)33(29,30)27-13-19-2-1-11-32-19/h3-10,19,27H,1-2,11-15H2,(H,26,28). The average Bonchev–Trinajstić information content (AvgIpc) is 3.30. The summed E-state index contributed by atoms with van der Waals surface area (Å²) in [5.74, 6) is -0.385. The normalized spacial score (nSPS) is 16.6. The molecule has 0 saturated carbocycles. The third-order valence-electron chi connectivity index (χ3n) is 4.96. The summed E-state index contributed by atoms with van der Waals surface area (Å²) in [6.45, 7) is -0.431. The molecule has 0 radical (unpaired) electrons. The Morgan fingerprint density at radius 3 is 2.33 bits per heavy atom. The number of amides is 1. The smallest absolute Gasteiger partial charge is 0.377 e. The molecule has 1 saturated heterocycles. The van der Waals surface area contributed by atoms with Gasteiger partial charge in [0.15, 0.2) is 0 Å². The van der Waals surface area contributed by atoms with Crippen LogP contribution in [-0.2, 0) is 32.6 Å². The fourth-order valence-electron chi connectivity index (χ4n) is 3.20. The Labute approximate surface area is 190 Å². The summed E-state index contributed by atoms with van der Waals surface area (Å²) in [5, 5.41) is 2.72. The van der Waals surface area contributed by atoms with E-state index in [9.17, 15) is 26.4 Å². The quantitative estimate of drug-likeness (QED) is 0.538. The van der Waals surface area contributed by atoms with E-state index in [-0.39, 0.29) is 36.6 Å². The summed E-state index contributed by atoms with van der Waals surface area (Å²) in [6.07, 6.45) is -2.76. The van der Waals surface area contributed by atoms with Crippen LogP contribution in [0.4, 0.5) is 13.2 Å². The number of halogens is 3. The molecule has 0 spiro atoms. The van der Waals surface area contributed by atoms with Crippen LogP contribution in [0, 0.1) is 0 Å². The zero-order chi connectivity index (χ0) is 23.9. The molecule has 0 bridgehead atoms. The van der Waals surface area contributed by atoms with Gasteiger partial charge in [0.05, 0.1) is 17.6 Å². The van der Waals surface area contributed by atoms with Crippen molar-refractivity contribution in [3.05, 3.63) is 65.2 Å². The molecule has 2 aromatic rings. The van der Waals surface area contributed by atoms with E-state index in [1.807, 2.05) is 0 Å². The van der Waals surface area contributed by atoms with E-state index in [0.717, 1.165) is 18.4 Å². The lowest BCUT2D eigenvalue weighted by Gasteiger charge is -2.12. The lowest BCUT2D eigenvalue weighted by Crippen LogP contribution is -2.31. The molecule has 1 unspecified atom stereocenters. The molecule has 33 heavy (non-hydrogen) atoms. The van der Waals surface area contributed by atoms with Crippen LogP contribution in [0.1, 0.15) is 34.3 Å². The highest BCUT2D eigenvalue weighted by Gasteiger charge is 2.27. The molecule has 1 aliphatic heterocycles. The fourth-order valence-corrected chi connectivity index (χ4v) is 4.27. The van der Waals surface area contributed by atoms with Crippen LogP contribution in [0.5, 0.6) is 0 Å². The number of carbonyl (C=O) groups is 1. The Kier molecular flexibility index (Phi) is 8.46.